The molecule has 1 N–H and O–H groups in total. The topological polar surface area (TPSA) is 71.5 Å². The number of carbonyl (C=O) groups is 2. The zero-order valence-corrected chi connectivity index (χ0v) is 16.3. The van der Waals surface area contributed by atoms with Crippen LogP contribution in [0.2, 0.25) is 0 Å². The van der Waals surface area contributed by atoms with Crippen LogP contribution < -0.4 is 5.32 Å². The number of rotatable bonds is 5. The summed E-state index contributed by atoms with van der Waals surface area (Å²) in [4.78, 5) is 31.9. The highest BCUT2D eigenvalue weighted by atomic mass is 32.1. The summed E-state index contributed by atoms with van der Waals surface area (Å²) in [7, 11) is 1.40. The SMILES string of the molecule is COC(=O)[C@@H]1C[C@H](NC(=O)c2cccs2)CN1Cc1ccnc2ccccc12. The molecular weight excluding hydrogens is 374 g/mol. The van der Waals surface area contributed by atoms with Crippen LogP contribution in [0.4, 0.5) is 0 Å². The van der Waals surface area contributed by atoms with E-state index in [1.54, 1.807) is 12.3 Å². The molecule has 2 aromatic heterocycles. The van der Waals surface area contributed by atoms with E-state index in [0.717, 1.165) is 16.5 Å². The highest BCUT2D eigenvalue weighted by Gasteiger charge is 2.38. The number of amides is 1. The molecule has 0 aliphatic carbocycles. The Balaban J connectivity index is 1.54. The largest absolute Gasteiger partial charge is 0.468 e. The number of esters is 1. The van der Waals surface area contributed by atoms with Gasteiger partial charge in [-0.1, -0.05) is 24.3 Å². The highest BCUT2D eigenvalue weighted by Crippen LogP contribution is 2.25. The Labute approximate surface area is 167 Å². The number of pyridine rings is 1. The number of nitrogens with zero attached hydrogens (tertiary/aromatic N) is 2. The monoisotopic (exact) mass is 395 g/mol. The first-order chi connectivity index (χ1) is 13.7. The molecule has 28 heavy (non-hydrogen) atoms. The normalized spacial score (nSPS) is 19.6. The number of carbonyl (C=O) groups excluding carboxylic acids is 2. The van der Waals surface area contributed by atoms with E-state index in [0.29, 0.717) is 24.4 Å². The van der Waals surface area contributed by atoms with Crippen molar-refractivity contribution in [3.8, 4) is 0 Å². The molecule has 3 heterocycles. The molecule has 6 nitrogen and oxygen atoms in total. The lowest BCUT2D eigenvalue weighted by atomic mass is 10.1. The smallest absolute Gasteiger partial charge is 0.323 e. The van der Waals surface area contributed by atoms with Crippen molar-refractivity contribution in [2.75, 3.05) is 13.7 Å². The highest BCUT2D eigenvalue weighted by molar-refractivity contribution is 7.12. The van der Waals surface area contributed by atoms with E-state index in [1.807, 2.05) is 41.8 Å². The Morgan fingerprint density at radius 3 is 2.89 bits per heavy atom. The molecule has 0 radical (unpaired) electrons. The first-order valence-corrected chi connectivity index (χ1v) is 10.0. The summed E-state index contributed by atoms with van der Waals surface area (Å²) in [6.45, 7) is 1.18. The number of para-hydroxylation sites is 1. The Hall–Kier alpha value is -2.77. The van der Waals surface area contributed by atoms with Gasteiger partial charge in [0, 0.05) is 30.7 Å². The van der Waals surface area contributed by atoms with Crippen LogP contribution in [0.15, 0.2) is 54.0 Å². The fourth-order valence-electron chi connectivity index (χ4n) is 3.74. The first-order valence-electron chi connectivity index (χ1n) is 9.14. The van der Waals surface area contributed by atoms with Crippen LogP contribution in [0.3, 0.4) is 0 Å². The number of benzene rings is 1. The second kappa shape index (κ2) is 8.08. The van der Waals surface area contributed by atoms with Gasteiger partial charge >= 0.3 is 5.97 Å². The number of methoxy groups -OCH3 is 1. The predicted octanol–water partition coefficient (Wildman–Crippen LogP) is 2.84. The van der Waals surface area contributed by atoms with Crippen LogP contribution in [0.1, 0.15) is 21.7 Å². The quantitative estimate of drug-likeness (QED) is 0.673. The Morgan fingerprint density at radius 2 is 2.11 bits per heavy atom. The molecule has 1 amide bonds. The van der Waals surface area contributed by atoms with E-state index >= 15 is 0 Å². The lowest BCUT2D eigenvalue weighted by Crippen LogP contribution is -2.37. The van der Waals surface area contributed by atoms with Gasteiger partial charge in [0.15, 0.2) is 0 Å². The summed E-state index contributed by atoms with van der Waals surface area (Å²) in [6.07, 6.45) is 2.32. The number of fused-ring (bicyclic) bond motifs is 1. The van der Waals surface area contributed by atoms with Crippen LogP contribution >= 0.6 is 11.3 Å². The zero-order chi connectivity index (χ0) is 19.5. The Bertz CT molecular complexity index is 984. The molecule has 3 aromatic rings. The number of ether oxygens (including phenoxy) is 1. The van der Waals surface area contributed by atoms with Crippen molar-refractivity contribution in [1.82, 2.24) is 15.2 Å². The summed E-state index contributed by atoms with van der Waals surface area (Å²) >= 11 is 1.41. The van der Waals surface area contributed by atoms with E-state index in [4.69, 9.17) is 4.74 Å². The van der Waals surface area contributed by atoms with Crippen LogP contribution in [0, 0.1) is 0 Å². The van der Waals surface area contributed by atoms with Crippen molar-refractivity contribution in [3.05, 3.63) is 64.5 Å². The molecule has 4 rings (SSSR count). The van der Waals surface area contributed by atoms with Crippen LogP contribution in [-0.4, -0.2) is 47.5 Å². The van der Waals surface area contributed by atoms with Gasteiger partial charge in [-0.2, -0.15) is 0 Å². The number of aromatic nitrogens is 1. The molecule has 0 unspecified atom stereocenters. The molecule has 2 atom stereocenters. The number of nitrogens with one attached hydrogen (secondary N) is 1. The summed E-state index contributed by atoms with van der Waals surface area (Å²) in [5.74, 6) is -0.369. The lowest BCUT2D eigenvalue weighted by Gasteiger charge is -2.22. The molecule has 1 aliphatic rings. The van der Waals surface area contributed by atoms with Crippen molar-refractivity contribution in [2.45, 2.75) is 25.0 Å². The van der Waals surface area contributed by atoms with Gasteiger partial charge < -0.3 is 10.1 Å². The first kappa shape index (κ1) is 18.6. The number of thiophene rings is 1. The van der Waals surface area contributed by atoms with Gasteiger partial charge in [0.2, 0.25) is 0 Å². The van der Waals surface area contributed by atoms with Crippen molar-refractivity contribution >= 4 is 34.1 Å². The second-order valence-electron chi connectivity index (χ2n) is 6.84. The van der Waals surface area contributed by atoms with Crippen molar-refractivity contribution < 1.29 is 14.3 Å². The van der Waals surface area contributed by atoms with Gasteiger partial charge in [0.05, 0.1) is 17.5 Å². The molecule has 0 spiro atoms. The predicted molar refractivity (Wildman–Crippen MR) is 108 cm³/mol. The van der Waals surface area contributed by atoms with Gasteiger partial charge in [0.25, 0.3) is 5.91 Å². The van der Waals surface area contributed by atoms with Gasteiger partial charge in [0.1, 0.15) is 6.04 Å². The third kappa shape index (κ3) is 3.76. The third-order valence-electron chi connectivity index (χ3n) is 5.07. The van der Waals surface area contributed by atoms with Gasteiger partial charge in [-0.15, -0.1) is 11.3 Å². The molecule has 0 bridgehead atoms. The average Bonchev–Trinajstić information content (AvgIpc) is 3.38. The van der Waals surface area contributed by atoms with E-state index in [2.05, 4.69) is 15.2 Å². The van der Waals surface area contributed by atoms with E-state index in [-0.39, 0.29) is 24.0 Å². The fraction of sp³-hybridized carbons (Fsp3) is 0.286. The summed E-state index contributed by atoms with van der Waals surface area (Å²) in [5.41, 5.74) is 2.03. The minimum absolute atomic E-state index is 0.0974. The van der Waals surface area contributed by atoms with Crippen molar-refractivity contribution in [3.63, 3.8) is 0 Å². The summed E-state index contributed by atoms with van der Waals surface area (Å²) in [5, 5.41) is 6.00. The number of hydrogen-bond donors (Lipinski definition) is 1. The van der Waals surface area contributed by atoms with Gasteiger partial charge in [-0.05, 0) is 35.6 Å². The summed E-state index contributed by atoms with van der Waals surface area (Å²) < 4.78 is 5.01. The molecular formula is C21H21N3O3S. The van der Waals surface area contributed by atoms with Crippen molar-refractivity contribution in [1.29, 1.82) is 0 Å². The maximum atomic E-state index is 12.4. The standard InChI is InChI=1S/C21H21N3O3S/c1-27-21(26)18-11-15(23-20(25)19-7-4-10-28-19)13-24(18)12-14-8-9-22-17-6-3-2-5-16(14)17/h2-10,15,18H,11-13H2,1H3,(H,23,25)/t15-,18-/m0/s1. The van der Waals surface area contributed by atoms with Gasteiger partial charge in [-0.25, -0.2) is 0 Å². The fourth-order valence-corrected chi connectivity index (χ4v) is 4.37. The van der Waals surface area contributed by atoms with Crippen LogP contribution in [-0.2, 0) is 16.1 Å². The van der Waals surface area contributed by atoms with E-state index in [1.165, 1.54) is 18.4 Å². The average molecular weight is 395 g/mol. The zero-order valence-electron chi connectivity index (χ0n) is 15.5. The lowest BCUT2D eigenvalue weighted by molar-refractivity contribution is -0.146. The Kier molecular flexibility index (Phi) is 5.36. The van der Waals surface area contributed by atoms with Crippen LogP contribution in [0.25, 0.3) is 10.9 Å². The molecule has 1 aromatic carbocycles. The molecule has 1 aliphatic heterocycles. The maximum Gasteiger partial charge on any atom is 0.323 e. The van der Waals surface area contributed by atoms with E-state index < -0.39 is 0 Å². The molecule has 0 saturated carbocycles. The number of likely N-dealkylation sites (tertiary alicyclic amines) is 1. The van der Waals surface area contributed by atoms with Crippen LogP contribution in [0.5, 0.6) is 0 Å². The number of hydrogen-bond acceptors (Lipinski definition) is 6. The van der Waals surface area contributed by atoms with Crippen molar-refractivity contribution in [2.24, 2.45) is 0 Å². The van der Waals surface area contributed by atoms with Gasteiger partial charge in [-0.3, -0.25) is 19.5 Å². The Morgan fingerprint density at radius 1 is 1.25 bits per heavy atom. The second-order valence-corrected chi connectivity index (χ2v) is 7.79. The maximum absolute atomic E-state index is 12.4. The molecule has 7 heteroatoms. The molecule has 1 fully saturated rings. The third-order valence-corrected chi connectivity index (χ3v) is 5.94. The van der Waals surface area contributed by atoms with E-state index in [9.17, 15) is 9.59 Å². The minimum Gasteiger partial charge on any atom is -0.468 e. The molecule has 1 saturated heterocycles. The minimum atomic E-state index is -0.384. The molecule has 144 valence electrons. The summed E-state index contributed by atoms with van der Waals surface area (Å²) in [6, 6.07) is 13.1.